The number of aromatic nitrogens is 2. The number of benzene rings is 1. The van der Waals surface area contributed by atoms with Gasteiger partial charge in [-0.1, -0.05) is 34.6 Å². The van der Waals surface area contributed by atoms with E-state index in [4.69, 9.17) is 10.7 Å². The second-order valence-electron chi connectivity index (χ2n) is 6.61. The van der Waals surface area contributed by atoms with Crippen molar-refractivity contribution < 1.29 is 0 Å². The molecular weight excluding hydrogens is 260 g/mol. The SMILES string of the molecule is CCN(CC)CCn1c(C(C)(C)C)nc2cc(N)ccc21. The molecule has 0 aliphatic carbocycles. The van der Waals surface area contributed by atoms with Gasteiger partial charge in [-0.25, -0.2) is 4.98 Å². The number of nitrogens with two attached hydrogens (primary N) is 1. The number of rotatable bonds is 5. The van der Waals surface area contributed by atoms with Crippen LogP contribution in [0.5, 0.6) is 0 Å². The zero-order valence-electron chi connectivity index (χ0n) is 14.0. The third-order valence-corrected chi connectivity index (χ3v) is 3.98. The molecule has 0 saturated heterocycles. The number of nitrogens with zero attached hydrogens (tertiary/aromatic N) is 3. The van der Waals surface area contributed by atoms with E-state index in [1.165, 1.54) is 5.52 Å². The molecule has 0 saturated carbocycles. The molecule has 0 bridgehead atoms. The van der Waals surface area contributed by atoms with Crippen molar-refractivity contribution in [1.82, 2.24) is 14.5 Å². The van der Waals surface area contributed by atoms with Gasteiger partial charge in [-0.2, -0.15) is 0 Å². The molecule has 0 atom stereocenters. The van der Waals surface area contributed by atoms with Gasteiger partial charge in [0.1, 0.15) is 5.82 Å². The highest BCUT2D eigenvalue weighted by atomic mass is 15.2. The fourth-order valence-electron chi connectivity index (χ4n) is 2.73. The summed E-state index contributed by atoms with van der Waals surface area (Å²) in [7, 11) is 0. The lowest BCUT2D eigenvalue weighted by molar-refractivity contribution is 0.288. The Morgan fingerprint density at radius 3 is 2.43 bits per heavy atom. The maximum Gasteiger partial charge on any atom is 0.115 e. The minimum atomic E-state index is 0.0248. The lowest BCUT2D eigenvalue weighted by Gasteiger charge is -2.23. The van der Waals surface area contributed by atoms with Gasteiger partial charge < -0.3 is 15.2 Å². The predicted molar refractivity (Wildman–Crippen MR) is 90.6 cm³/mol. The van der Waals surface area contributed by atoms with Crippen molar-refractivity contribution in [3.05, 3.63) is 24.0 Å². The van der Waals surface area contributed by atoms with Gasteiger partial charge in [-0.3, -0.25) is 0 Å². The molecule has 1 aromatic heterocycles. The Morgan fingerprint density at radius 2 is 1.86 bits per heavy atom. The van der Waals surface area contributed by atoms with Gasteiger partial charge in [0.25, 0.3) is 0 Å². The first-order valence-electron chi connectivity index (χ1n) is 7.85. The average molecular weight is 288 g/mol. The van der Waals surface area contributed by atoms with E-state index in [-0.39, 0.29) is 5.41 Å². The summed E-state index contributed by atoms with van der Waals surface area (Å²) in [5, 5.41) is 0. The smallest absolute Gasteiger partial charge is 0.115 e. The van der Waals surface area contributed by atoms with E-state index >= 15 is 0 Å². The van der Waals surface area contributed by atoms with Crippen LogP contribution in [0.1, 0.15) is 40.4 Å². The quantitative estimate of drug-likeness (QED) is 0.859. The molecular formula is C17H28N4. The van der Waals surface area contributed by atoms with E-state index in [0.717, 1.165) is 43.2 Å². The molecule has 2 rings (SSSR count). The second-order valence-corrected chi connectivity index (χ2v) is 6.61. The molecule has 0 aliphatic heterocycles. The summed E-state index contributed by atoms with van der Waals surface area (Å²) < 4.78 is 2.35. The standard InChI is InChI=1S/C17H28N4/c1-6-20(7-2)10-11-21-15-9-8-13(18)12-14(15)19-16(21)17(3,4)5/h8-9,12H,6-7,10-11,18H2,1-5H3. The lowest BCUT2D eigenvalue weighted by Crippen LogP contribution is -2.29. The Labute approximate surface area is 128 Å². The normalized spacial score (nSPS) is 12.5. The lowest BCUT2D eigenvalue weighted by atomic mass is 9.95. The number of imidazole rings is 1. The number of anilines is 1. The molecule has 1 aromatic carbocycles. The zero-order chi connectivity index (χ0) is 15.6. The van der Waals surface area contributed by atoms with Crippen LogP contribution in [0.2, 0.25) is 0 Å². The second kappa shape index (κ2) is 6.06. The van der Waals surface area contributed by atoms with Crippen molar-refractivity contribution in [2.24, 2.45) is 0 Å². The van der Waals surface area contributed by atoms with E-state index in [9.17, 15) is 0 Å². The number of likely N-dealkylation sites (N-methyl/N-ethyl adjacent to an activating group) is 1. The Hall–Kier alpha value is -1.55. The minimum Gasteiger partial charge on any atom is -0.399 e. The molecule has 0 unspecified atom stereocenters. The molecule has 4 heteroatoms. The predicted octanol–water partition coefficient (Wildman–Crippen LogP) is 3.26. The summed E-state index contributed by atoms with van der Waals surface area (Å²) in [5.41, 5.74) is 8.88. The molecule has 0 fully saturated rings. The zero-order valence-corrected chi connectivity index (χ0v) is 14.0. The van der Waals surface area contributed by atoms with E-state index in [0.29, 0.717) is 0 Å². The van der Waals surface area contributed by atoms with Crippen LogP contribution in [-0.4, -0.2) is 34.1 Å². The monoisotopic (exact) mass is 288 g/mol. The minimum absolute atomic E-state index is 0.0248. The highest BCUT2D eigenvalue weighted by Gasteiger charge is 2.23. The van der Waals surface area contributed by atoms with Crippen LogP contribution in [0, 0.1) is 0 Å². The Morgan fingerprint density at radius 1 is 1.19 bits per heavy atom. The Balaban J connectivity index is 2.43. The van der Waals surface area contributed by atoms with Gasteiger partial charge in [0.05, 0.1) is 11.0 Å². The van der Waals surface area contributed by atoms with Crippen molar-refractivity contribution in [2.75, 3.05) is 25.4 Å². The van der Waals surface area contributed by atoms with E-state index < -0.39 is 0 Å². The summed E-state index contributed by atoms with van der Waals surface area (Å²) in [6.45, 7) is 15.2. The van der Waals surface area contributed by atoms with E-state index in [2.05, 4.69) is 50.2 Å². The van der Waals surface area contributed by atoms with Crippen LogP contribution in [0.15, 0.2) is 18.2 Å². The number of hydrogen-bond donors (Lipinski definition) is 1. The van der Waals surface area contributed by atoms with Crippen molar-refractivity contribution in [1.29, 1.82) is 0 Å². The largest absolute Gasteiger partial charge is 0.399 e. The first-order valence-corrected chi connectivity index (χ1v) is 7.85. The highest BCUT2D eigenvalue weighted by molar-refractivity contribution is 5.79. The summed E-state index contributed by atoms with van der Waals surface area (Å²) >= 11 is 0. The van der Waals surface area contributed by atoms with Gasteiger partial charge >= 0.3 is 0 Å². The molecule has 0 radical (unpaired) electrons. The molecule has 0 aliphatic rings. The molecule has 116 valence electrons. The third kappa shape index (κ3) is 3.38. The van der Waals surface area contributed by atoms with Crippen molar-refractivity contribution in [3.8, 4) is 0 Å². The van der Waals surface area contributed by atoms with E-state index in [1.54, 1.807) is 0 Å². The fourth-order valence-corrected chi connectivity index (χ4v) is 2.73. The maximum atomic E-state index is 5.90. The van der Waals surface area contributed by atoms with E-state index in [1.807, 2.05) is 12.1 Å². The van der Waals surface area contributed by atoms with Crippen molar-refractivity contribution in [3.63, 3.8) is 0 Å². The third-order valence-electron chi connectivity index (χ3n) is 3.98. The van der Waals surface area contributed by atoms with Crippen molar-refractivity contribution in [2.45, 2.75) is 46.6 Å². The van der Waals surface area contributed by atoms with Gasteiger partial charge in [-0.05, 0) is 31.3 Å². The van der Waals surface area contributed by atoms with Gasteiger partial charge in [0, 0.05) is 24.2 Å². The number of fused-ring (bicyclic) bond motifs is 1. The maximum absolute atomic E-state index is 5.90. The first-order chi connectivity index (χ1) is 9.86. The molecule has 1 heterocycles. The number of nitrogen functional groups attached to an aromatic ring is 1. The van der Waals surface area contributed by atoms with Gasteiger partial charge in [-0.15, -0.1) is 0 Å². The van der Waals surface area contributed by atoms with Crippen LogP contribution in [0.3, 0.4) is 0 Å². The Kier molecular flexibility index (Phi) is 4.57. The highest BCUT2D eigenvalue weighted by Crippen LogP contribution is 2.27. The summed E-state index contributed by atoms with van der Waals surface area (Å²) in [6.07, 6.45) is 0. The number of hydrogen-bond acceptors (Lipinski definition) is 3. The first kappa shape index (κ1) is 15.8. The summed E-state index contributed by atoms with van der Waals surface area (Å²) in [5.74, 6) is 1.13. The van der Waals surface area contributed by atoms with Crippen LogP contribution in [0.25, 0.3) is 11.0 Å². The fraction of sp³-hybridized carbons (Fsp3) is 0.588. The van der Waals surface area contributed by atoms with Gasteiger partial charge in [0.15, 0.2) is 0 Å². The summed E-state index contributed by atoms with van der Waals surface area (Å²) in [4.78, 5) is 7.28. The molecule has 2 N–H and O–H groups in total. The van der Waals surface area contributed by atoms with Gasteiger partial charge in [0.2, 0.25) is 0 Å². The van der Waals surface area contributed by atoms with Crippen LogP contribution < -0.4 is 5.73 Å². The topological polar surface area (TPSA) is 47.1 Å². The summed E-state index contributed by atoms with van der Waals surface area (Å²) in [6, 6.07) is 6.03. The average Bonchev–Trinajstić information content (AvgIpc) is 2.78. The molecule has 4 nitrogen and oxygen atoms in total. The van der Waals surface area contributed by atoms with Crippen molar-refractivity contribution >= 4 is 16.7 Å². The Bertz CT molecular complexity index is 603. The molecule has 0 spiro atoms. The van der Waals surface area contributed by atoms with Crippen LogP contribution in [-0.2, 0) is 12.0 Å². The van der Waals surface area contributed by atoms with Crippen LogP contribution >= 0.6 is 0 Å². The molecule has 2 aromatic rings. The van der Waals surface area contributed by atoms with Crippen LogP contribution in [0.4, 0.5) is 5.69 Å². The molecule has 21 heavy (non-hydrogen) atoms. The molecule has 0 amide bonds.